The summed E-state index contributed by atoms with van der Waals surface area (Å²) in [4.78, 5) is 18.0. The van der Waals surface area contributed by atoms with Crippen LogP contribution >= 0.6 is 11.6 Å². The first-order chi connectivity index (χ1) is 17.5. The van der Waals surface area contributed by atoms with Crippen LogP contribution in [0.4, 0.5) is 0 Å². The molecule has 0 spiro atoms. The fourth-order valence-electron chi connectivity index (χ4n) is 4.81. The highest BCUT2D eigenvalue weighted by molar-refractivity contribution is 6.17. The van der Waals surface area contributed by atoms with Crippen LogP contribution in [0.25, 0.3) is 0 Å². The molecule has 0 saturated carbocycles. The molecule has 0 aliphatic carbocycles. The predicted octanol–water partition coefficient (Wildman–Crippen LogP) is 5.66. The van der Waals surface area contributed by atoms with Crippen LogP contribution in [0.1, 0.15) is 48.1 Å². The van der Waals surface area contributed by atoms with Crippen LogP contribution in [-0.2, 0) is 6.54 Å². The van der Waals surface area contributed by atoms with Gasteiger partial charge in [-0.2, -0.15) is 0 Å². The molecular formula is C30H35ClN2O3. The largest absolute Gasteiger partial charge is 0.493 e. The van der Waals surface area contributed by atoms with Crippen molar-refractivity contribution in [3.05, 3.63) is 105 Å². The third kappa shape index (κ3) is 6.28. The van der Waals surface area contributed by atoms with E-state index >= 15 is 0 Å². The van der Waals surface area contributed by atoms with Gasteiger partial charge in [0.25, 0.3) is 0 Å². The lowest BCUT2D eigenvalue weighted by Gasteiger charge is -2.39. The van der Waals surface area contributed by atoms with Gasteiger partial charge in [0.2, 0.25) is 5.43 Å². The highest BCUT2D eigenvalue weighted by Crippen LogP contribution is 2.31. The van der Waals surface area contributed by atoms with E-state index in [1.165, 1.54) is 11.1 Å². The Bertz CT molecular complexity index is 1180. The van der Waals surface area contributed by atoms with E-state index in [2.05, 4.69) is 72.2 Å². The molecule has 1 fully saturated rings. The molecule has 5 nitrogen and oxygen atoms in total. The average molecular weight is 507 g/mol. The molecule has 4 rings (SSSR count). The summed E-state index contributed by atoms with van der Waals surface area (Å²) in [6.07, 6.45) is 0. The molecule has 6 heteroatoms. The van der Waals surface area contributed by atoms with E-state index in [0.717, 1.165) is 43.1 Å². The predicted molar refractivity (Wildman–Crippen MR) is 146 cm³/mol. The number of alkyl halides is 1. The third-order valence-electron chi connectivity index (χ3n) is 6.88. The Kier molecular flexibility index (Phi) is 9.03. The number of hydrogen-bond acceptors (Lipinski definition) is 5. The third-order valence-corrected chi connectivity index (χ3v) is 6.98. The summed E-state index contributed by atoms with van der Waals surface area (Å²) in [5.41, 5.74) is 4.35. The number of halogens is 1. The van der Waals surface area contributed by atoms with Gasteiger partial charge >= 0.3 is 0 Å². The first-order valence-corrected chi connectivity index (χ1v) is 13.0. The van der Waals surface area contributed by atoms with Gasteiger partial charge in [0.15, 0.2) is 11.8 Å². The Morgan fingerprint density at radius 1 is 0.861 bits per heavy atom. The maximum absolute atomic E-state index is 13.1. The van der Waals surface area contributed by atoms with Crippen LogP contribution in [0.15, 0.2) is 77.6 Å². The number of rotatable bonds is 9. The van der Waals surface area contributed by atoms with Crippen molar-refractivity contribution < 1.29 is 9.47 Å². The van der Waals surface area contributed by atoms with Crippen molar-refractivity contribution in [2.24, 2.45) is 0 Å². The van der Waals surface area contributed by atoms with E-state index in [4.69, 9.17) is 21.1 Å². The molecule has 1 aliphatic rings. The van der Waals surface area contributed by atoms with Crippen molar-refractivity contribution in [2.45, 2.75) is 32.4 Å². The summed E-state index contributed by atoms with van der Waals surface area (Å²) in [7, 11) is 1.57. The zero-order chi connectivity index (χ0) is 25.5. The van der Waals surface area contributed by atoms with Crippen molar-refractivity contribution in [3.63, 3.8) is 0 Å². The fraction of sp³-hybridized carbons (Fsp3) is 0.367. The smallest absolute Gasteiger partial charge is 0.224 e. The van der Waals surface area contributed by atoms with Crippen molar-refractivity contribution >= 4 is 11.6 Å². The quantitative estimate of drug-likeness (QED) is 0.350. The molecule has 1 saturated heterocycles. The molecule has 190 valence electrons. The van der Waals surface area contributed by atoms with Crippen LogP contribution in [-0.4, -0.2) is 49.2 Å². The minimum atomic E-state index is -0.0201. The van der Waals surface area contributed by atoms with E-state index in [1.54, 1.807) is 7.11 Å². The van der Waals surface area contributed by atoms with Gasteiger partial charge in [-0.05, 0) is 40.8 Å². The standard InChI is InChI=1S/C30H35ClN2O3/c1-22(2)25-9-10-26(30(34)28(19-25)35-3)20-32-15-17-33(18-16-32)29(23-7-5-4-6-8-23)24-11-13-27(14-12-24)36-21-31/h4-14,19,22,29H,15-18,20-21H2,1-3H3. The SMILES string of the molecule is COc1cc(C(C)C)ccc(CN2CCN(C(c3ccccc3)c3ccc(OCCl)cc3)CC2)c1=O. The number of benzene rings is 2. The Labute approximate surface area is 219 Å². The summed E-state index contributed by atoms with van der Waals surface area (Å²) in [6, 6.07) is 25.0. The lowest BCUT2D eigenvalue weighted by atomic mass is 9.96. The molecule has 1 aliphatic heterocycles. The number of piperazine rings is 1. The highest BCUT2D eigenvalue weighted by Gasteiger charge is 2.27. The maximum atomic E-state index is 13.1. The molecule has 36 heavy (non-hydrogen) atoms. The Morgan fingerprint density at radius 2 is 1.50 bits per heavy atom. The Hall–Kier alpha value is -2.86. The summed E-state index contributed by atoms with van der Waals surface area (Å²) < 4.78 is 10.9. The minimum Gasteiger partial charge on any atom is -0.493 e. The van der Waals surface area contributed by atoms with Crippen LogP contribution < -0.4 is 14.9 Å². The summed E-state index contributed by atoms with van der Waals surface area (Å²) >= 11 is 5.72. The molecule has 1 atom stereocenters. The zero-order valence-corrected chi connectivity index (χ0v) is 22.1. The molecule has 3 aromatic rings. The zero-order valence-electron chi connectivity index (χ0n) is 21.3. The van der Waals surface area contributed by atoms with Crippen molar-refractivity contribution in [1.29, 1.82) is 0 Å². The number of nitrogens with zero attached hydrogens (tertiary/aromatic N) is 2. The minimum absolute atomic E-state index is 0.0201. The second-order valence-corrected chi connectivity index (χ2v) is 9.72. The molecule has 1 unspecified atom stereocenters. The van der Waals surface area contributed by atoms with E-state index < -0.39 is 0 Å². The van der Waals surface area contributed by atoms with Gasteiger partial charge in [0.1, 0.15) is 5.75 Å². The molecule has 1 heterocycles. The van der Waals surface area contributed by atoms with E-state index in [1.807, 2.05) is 24.3 Å². The molecule has 3 aromatic carbocycles. The summed E-state index contributed by atoms with van der Waals surface area (Å²) in [5.74, 6) is 1.52. The normalized spacial score (nSPS) is 15.6. The molecule has 0 amide bonds. The van der Waals surface area contributed by atoms with Crippen molar-refractivity contribution in [2.75, 3.05) is 39.4 Å². The van der Waals surface area contributed by atoms with Crippen LogP contribution in [0, 0.1) is 0 Å². The van der Waals surface area contributed by atoms with E-state index in [9.17, 15) is 4.79 Å². The second kappa shape index (κ2) is 12.4. The monoisotopic (exact) mass is 506 g/mol. The van der Waals surface area contributed by atoms with E-state index in [0.29, 0.717) is 18.2 Å². The molecule has 0 bridgehead atoms. The fourth-order valence-corrected chi connectivity index (χ4v) is 4.94. The lowest BCUT2D eigenvalue weighted by Crippen LogP contribution is -2.47. The first-order valence-electron chi connectivity index (χ1n) is 12.5. The molecule has 0 aromatic heterocycles. The first kappa shape index (κ1) is 26.2. The van der Waals surface area contributed by atoms with Gasteiger partial charge in [-0.3, -0.25) is 14.6 Å². The number of hydrogen-bond donors (Lipinski definition) is 0. The van der Waals surface area contributed by atoms with Gasteiger partial charge in [0.05, 0.1) is 13.2 Å². The van der Waals surface area contributed by atoms with Gasteiger partial charge < -0.3 is 9.47 Å². The summed E-state index contributed by atoms with van der Waals surface area (Å²) in [5, 5.41) is 0. The second-order valence-electron chi connectivity index (χ2n) is 9.50. The molecule has 0 N–H and O–H groups in total. The van der Waals surface area contributed by atoms with Gasteiger partial charge in [-0.1, -0.05) is 80.0 Å². The van der Waals surface area contributed by atoms with Crippen LogP contribution in [0.3, 0.4) is 0 Å². The van der Waals surface area contributed by atoms with Gasteiger partial charge in [-0.15, -0.1) is 0 Å². The summed E-state index contributed by atoms with van der Waals surface area (Å²) in [6.45, 7) is 8.44. The van der Waals surface area contributed by atoms with E-state index in [-0.39, 0.29) is 17.5 Å². The number of ether oxygens (including phenoxy) is 2. The lowest BCUT2D eigenvalue weighted by molar-refractivity contribution is 0.104. The van der Waals surface area contributed by atoms with Crippen molar-refractivity contribution in [1.82, 2.24) is 9.80 Å². The number of methoxy groups -OCH3 is 1. The average Bonchev–Trinajstić information content (AvgIpc) is 3.06. The Morgan fingerprint density at radius 3 is 2.11 bits per heavy atom. The molecular weight excluding hydrogens is 472 g/mol. The van der Waals surface area contributed by atoms with Gasteiger partial charge in [0, 0.05) is 38.3 Å². The van der Waals surface area contributed by atoms with Gasteiger partial charge in [-0.25, -0.2) is 0 Å². The molecule has 0 radical (unpaired) electrons. The van der Waals surface area contributed by atoms with Crippen LogP contribution in [0.5, 0.6) is 11.5 Å². The highest BCUT2D eigenvalue weighted by atomic mass is 35.5. The van der Waals surface area contributed by atoms with Crippen LogP contribution in [0.2, 0.25) is 0 Å². The topological polar surface area (TPSA) is 42.0 Å². The van der Waals surface area contributed by atoms with Crippen molar-refractivity contribution in [3.8, 4) is 11.5 Å². The maximum Gasteiger partial charge on any atom is 0.224 e. The Balaban J connectivity index is 1.51.